The Morgan fingerprint density at radius 3 is 2.69 bits per heavy atom. The molecule has 3 heterocycles. The number of fused-ring (bicyclic) bond motifs is 2. The van der Waals surface area contributed by atoms with E-state index in [4.69, 9.17) is 4.74 Å². The molecule has 2 aliphatic heterocycles. The van der Waals surface area contributed by atoms with Crippen molar-refractivity contribution in [3.63, 3.8) is 0 Å². The van der Waals surface area contributed by atoms with Gasteiger partial charge in [-0.05, 0) is 37.1 Å². The van der Waals surface area contributed by atoms with Crippen molar-refractivity contribution < 1.29 is 27.8 Å². The molecule has 4 rings (SSSR count). The van der Waals surface area contributed by atoms with Gasteiger partial charge in [0.2, 0.25) is 5.91 Å². The van der Waals surface area contributed by atoms with E-state index in [0.29, 0.717) is 6.42 Å². The van der Waals surface area contributed by atoms with E-state index >= 15 is 0 Å². The van der Waals surface area contributed by atoms with Gasteiger partial charge in [-0.3, -0.25) is 9.48 Å². The van der Waals surface area contributed by atoms with Gasteiger partial charge in [-0.15, -0.1) is 0 Å². The number of alkyl halides is 3. The minimum Gasteiger partial charge on any atom is -0.390 e. The van der Waals surface area contributed by atoms with E-state index in [1.165, 1.54) is 19.1 Å². The van der Waals surface area contributed by atoms with Crippen LogP contribution in [0.25, 0.3) is 0 Å². The van der Waals surface area contributed by atoms with Crippen LogP contribution in [0, 0.1) is 19.8 Å². The molecule has 0 unspecified atom stereocenters. The van der Waals surface area contributed by atoms with Crippen molar-refractivity contribution in [2.75, 3.05) is 5.32 Å². The lowest BCUT2D eigenvalue weighted by molar-refractivity contribution is -0.138. The van der Waals surface area contributed by atoms with Gasteiger partial charge >= 0.3 is 6.18 Å². The number of aryl methyl sites for hydroxylation is 2. The van der Waals surface area contributed by atoms with Gasteiger partial charge in [0.05, 0.1) is 35.5 Å². The molecule has 2 bridgehead atoms. The van der Waals surface area contributed by atoms with Gasteiger partial charge in [-0.25, -0.2) is 0 Å². The fourth-order valence-electron chi connectivity index (χ4n) is 4.65. The summed E-state index contributed by atoms with van der Waals surface area (Å²) in [6.45, 7) is 3.15. The smallest absolute Gasteiger partial charge is 0.390 e. The molecule has 2 aromatic rings. The summed E-state index contributed by atoms with van der Waals surface area (Å²) in [5, 5.41) is 17.3. The third-order valence-corrected chi connectivity index (χ3v) is 5.94. The first-order chi connectivity index (χ1) is 13.6. The Labute approximate surface area is 165 Å². The SMILES string of the molecule is Cc1nn(C)cc1[C@H]1[C@H]2O[C@H](C[C@@H]2O)[C@@H]1C(=O)Nc1cccc(C(F)(F)F)c1C. The van der Waals surface area contributed by atoms with Crippen LogP contribution < -0.4 is 5.32 Å². The van der Waals surface area contributed by atoms with Crippen molar-refractivity contribution in [2.45, 2.75) is 50.7 Å². The van der Waals surface area contributed by atoms with Gasteiger partial charge < -0.3 is 15.2 Å². The van der Waals surface area contributed by atoms with Crippen LogP contribution in [0.15, 0.2) is 24.4 Å². The zero-order valence-electron chi connectivity index (χ0n) is 16.2. The summed E-state index contributed by atoms with van der Waals surface area (Å²) in [5.74, 6) is -1.45. The van der Waals surface area contributed by atoms with Crippen LogP contribution in [0.5, 0.6) is 0 Å². The van der Waals surface area contributed by atoms with Crippen molar-refractivity contribution in [3.05, 3.63) is 46.8 Å². The molecule has 2 fully saturated rings. The quantitative estimate of drug-likeness (QED) is 0.817. The van der Waals surface area contributed by atoms with Gasteiger partial charge in [0.15, 0.2) is 0 Å². The highest BCUT2D eigenvalue weighted by molar-refractivity contribution is 5.95. The maximum absolute atomic E-state index is 13.2. The summed E-state index contributed by atoms with van der Waals surface area (Å²) in [6, 6.07) is 3.72. The number of aliphatic hydroxyl groups excluding tert-OH is 1. The van der Waals surface area contributed by atoms with E-state index in [0.717, 1.165) is 17.3 Å². The first kappa shape index (κ1) is 19.9. The monoisotopic (exact) mass is 409 g/mol. The number of ether oxygens (including phenoxy) is 1. The minimum absolute atomic E-state index is 0.0356. The van der Waals surface area contributed by atoms with Gasteiger partial charge in [0.25, 0.3) is 0 Å². The standard InChI is InChI=1S/C20H22F3N3O3/c1-9-12(20(21,22)23)5-4-6-13(9)24-19(28)17-15-7-14(27)18(29-15)16(17)11-8-26(3)25-10(11)2/h4-6,8,14-18,27H,7H2,1-3H3,(H,24,28)/t14-,15+,16+,17-,18-/m0/s1. The molecule has 0 saturated carbocycles. The van der Waals surface area contributed by atoms with E-state index in [2.05, 4.69) is 10.4 Å². The average molecular weight is 409 g/mol. The predicted octanol–water partition coefficient (Wildman–Crippen LogP) is 2.93. The number of carbonyl (C=O) groups is 1. The van der Waals surface area contributed by atoms with Crippen LogP contribution in [0.2, 0.25) is 0 Å². The third-order valence-electron chi connectivity index (χ3n) is 5.94. The van der Waals surface area contributed by atoms with Gasteiger partial charge in [-0.2, -0.15) is 18.3 Å². The molecular weight excluding hydrogens is 387 g/mol. The lowest BCUT2D eigenvalue weighted by Gasteiger charge is -2.30. The van der Waals surface area contributed by atoms with Gasteiger partial charge in [0.1, 0.15) is 0 Å². The van der Waals surface area contributed by atoms with Crippen LogP contribution in [0.4, 0.5) is 18.9 Å². The Morgan fingerprint density at radius 1 is 1.34 bits per heavy atom. The Bertz CT molecular complexity index is 956. The number of amides is 1. The van der Waals surface area contributed by atoms with E-state index in [1.54, 1.807) is 17.9 Å². The molecule has 0 radical (unpaired) electrons. The van der Waals surface area contributed by atoms with Crippen LogP contribution in [-0.2, 0) is 22.8 Å². The molecule has 9 heteroatoms. The highest BCUT2D eigenvalue weighted by atomic mass is 19.4. The Morgan fingerprint density at radius 2 is 2.07 bits per heavy atom. The molecule has 1 amide bonds. The molecule has 2 saturated heterocycles. The predicted molar refractivity (Wildman–Crippen MR) is 98.3 cm³/mol. The first-order valence-electron chi connectivity index (χ1n) is 9.39. The molecule has 2 aliphatic rings. The molecule has 29 heavy (non-hydrogen) atoms. The molecule has 0 aliphatic carbocycles. The fourth-order valence-corrected chi connectivity index (χ4v) is 4.65. The van der Waals surface area contributed by atoms with E-state index in [1.807, 2.05) is 6.92 Å². The van der Waals surface area contributed by atoms with Crippen molar-refractivity contribution in [3.8, 4) is 0 Å². The highest BCUT2D eigenvalue weighted by Crippen LogP contribution is 2.50. The summed E-state index contributed by atoms with van der Waals surface area (Å²) in [7, 11) is 1.77. The largest absolute Gasteiger partial charge is 0.416 e. The number of halogens is 3. The topological polar surface area (TPSA) is 76.4 Å². The molecule has 156 valence electrons. The Balaban J connectivity index is 1.65. The maximum atomic E-state index is 13.2. The number of aliphatic hydroxyl groups is 1. The molecule has 1 aromatic heterocycles. The molecule has 2 N–H and O–H groups in total. The summed E-state index contributed by atoms with van der Waals surface area (Å²) >= 11 is 0. The summed E-state index contributed by atoms with van der Waals surface area (Å²) in [5.41, 5.74) is 0.838. The van der Waals surface area contributed by atoms with E-state index < -0.39 is 47.8 Å². The van der Waals surface area contributed by atoms with Crippen LogP contribution >= 0.6 is 0 Å². The van der Waals surface area contributed by atoms with E-state index in [9.17, 15) is 23.1 Å². The number of anilines is 1. The lowest BCUT2D eigenvalue weighted by Crippen LogP contribution is -2.41. The molecule has 6 nitrogen and oxygen atoms in total. The van der Waals surface area contributed by atoms with Gasteiger partial charge in [0, 0.05) is 31.3 Å². The number of rotatable bonds is 3. The normalized spacial score (nSPS) is 28.7. The second-order valence-electron chi connectivity index (χ2n) is 7.80. The molecule has 5 atom stereocenters. The molecular formula is C20H22F3N3O3. The van der Waals surface area contributed by atoms with Crippen molar-refractivity contribution >= 4 is 11.6 Å². The minimum atomic E-state index is -4.50. The zero-order valence-corrected chi connectivity index (χ0v) is 16.2. The van der Waals surface area contributed by atoms with Crippen molar-refractivity contribution in [1.82, 2.24) is 9.78 Å². The summed E-state index contributed by atoms with van der Waals surface area (Å²) in [6.07, 6.45) is -4.11. The highest BCUT2D eigenvalue weighted by Gasteiger charge is 2.57. The van der Waals surface area contributed by atoms with Gasteiger partial charge in [-0.1, -0.05) is 6.07 Å². The Hall–Kier alpha value is -2.39. The maximum Gasteiger partial charge on any atom is 0.416 e. The van der Waals surface area contributed by atoms with Crippen molar-refractivity contribution in [1.29, 1.82) is 0 Å². The zero-order chi connectivity index (χ0) is 21.1. The van der Waals surface area contributed by atoms with Crippen LogP contribution in [0.3, 0.4) is 0 Å². The number of nitrogens with zero attached hydrogens (tertiary/aromatic N) is 2. The summed E-state index contributed by atoms with van der Waals surface area (Å²) < 4.78 is 47.1. The second-order valence-corrected chi connectivity index (χ2v) is 7.80. The van der Waals surface area contributed by atoms with Crippen LogP contribution in [-0.4, -0.2) is 39.1 Å². The van der Waals surface area contributed by atoms with Crippen LogP contribution in [0.1, 0.15) is 34.7 Å². The molecule has 0 spiro atoms. The number of hydrogen-bond donors (Lipinski definition) is 2. The van der Waals surface area contributed by atoms with E-state index in [-0.39, 0.29) is 11.3 Å². The molecule has 1 aromatic carbocycles. The second kappa shape index (κ2) is 6.84. The number of aromatic nitrogens is 2. The number of hydrogen-bond acceptors (Lipinski definition) is 4. The third kappa shape index (κ3) is 3.32. The number of carbonyl (C=O) groups excluding carboxylic acids is 1. The first-order valence-corrected chi connectivity index (χ1v) is 9.39. The fraction of sp³-hybridized carbons (Fsp3) is 0.500. The van der Waals surface area contributed by atoms with Crippen molar-refractivity contribution in [2.24, 2.45) is 13.0 Å². The summed E-state index contributed by atoms with van der Waals surface area (Å²) in [4.78, 5) is 13.1. The number of nitrogens with one attached hydrogen (secondary N) is 1. The average Bonchev–Trinajstić information content (AvgIpc) is 3.26. The lowest BCUT2D eigenvalue weighted by atomic mass is 9.74. The Kier molecular flexibility index (Phi) is 4.70. The number of benzene rings is 1.